The Hall–Kier alpha value is -2.83. The van der Waals surface area contributed by atoms with Gasteiger partial charge in [-0.3, -0.25) is 4.68 Å². The van der Waals surface area contributed by atoms with Crippen LogP contribution in [-0.4, -0.2) is 28.9 Å². The fraction of sp³-hybridized carbons (Fsp3) is 0.214. The van der Waals surface area contributed by atoms with E-state index in [2.05, 4.69) is 20.5 Å². The van der Waals surface area contributed by atoms with Crippen molar-refractivity contribution < 1.29 is 14.3 Å². The first-order valence-electron chi connectivity index (χ1n) is 6.30. The molecule has 0 fully saturated rings. The highest BCUT2D eigenvalue weighted by molar-refractivity contribution is 6.00. The Balaban J connectivity index is 1.98. The quantitative estimate of drug-likeness (QED) is 0.835. The summed E-state index contributed by atoms with van der Waals surface area (Å²) in [6, 6.07) is 6.24. The molecule has 7 heteroatoms. The second kappa shape index (κ2) is 6.56. The molecular formula is C14H16N4O3. The lowest BCUT2D eigenvalue weighted by Gasteiger charge is -2.10. The van der Waals surface area contributed by atoms with Crippen LogP contribution in [0.4, 0.5) is 10.5 Å². The molecule has 1 heterocycles. The Morgan fingerprint density at radius 1 is 1.33 bits per heavy atom. The molecule has 0 bridgehead atoms. The molecule has 7 nitrogen and oxygen atoms in total. The van der Waals surface area contributed by atoms with Gasteiger partial charge >= 0.3 is 12.0 Å². The Morgan fingerprint density at radius 2 is 2.10 bits per heavy atom. The van der Waals surface area contributed by atoms with Crippen LogP contribution in [0.3, 0.4) is 0 Å². The lowest BCUT2D eigenvalue weighted by atomic mass is 10.2. The van der Waals surface area contributed by atoms with Crippen LogP contribution in [0.15, 0.2) is 36.7 Å². The summed E-state index contributed by atoms with van der Waals surface area (Å²) in [5, 5.41) is 9.32. The van der Waals surface area contributed by atoms with Gasteiger partial charge < -0.3 is 15.4 Å². The van der Waals surface area contributed by atoms with Crippen LogP contribution in [0, 0.1) is 0 Å². The zero-order chi connectivity index (χ0) is 15.2. The van der Waals surface area contributed by atoms with E-state index in [-0.39, 0.29) is 0 Å². The van der Waals surface area contributed by atoms with Crippen molar-refractivity contribution in [2.45, 2.75) is 6.54 Å². The first-order valence-corrected chi connectivity index (χ1v) is 6.30. The van der Waals surface area contributed by atoms with Gasteiger partial charge in [0.25, 0.3) is 0 Å². The maximum absolute atomic E-state index is 11.9. The highest BCUT2D eigenvalue weighted by Gasteiger charge is 2.12. The van der Waals surface area contributed by atoms with E-state index in [0.717, 1.165) is 5.56 Å². The van der Waals surface area contributed by atoms with Gasteiger partial charge in [-0.15, -0.1) is 0 Å². The third-order valence-corrected chi connectivity index (χ3v) is 2.79. The Bertz CT molecular complexity index is 651. The molecule has 21 heavy (non-hydrogen) atoms. The Kier molecular flexibility index (Phi) is 4.55. The van der Waals surface area contributed by atoms with Crippen molar-refractivity contribution in [3.63, 3.8) is 0 Å². The highest BCUT2D eigenvalue weighted by atomic mass is 16.5. The maximum Gasteiger partial charge on any atom is 0.339 e. The molecule has 0 saturated heterocycles. The number of urea groups is 1. The number of rotatable bonds is 4. The molecule has 0 unspecified atom stereocenters. The van der Waals surface area contributed by atoms with Gasteiger partial charge in [0.1, 0.15) is 0 Å². The van der Waals surface area contributed by atoms with Crippen LogP contribution in [0.25, 0.3) is 0 Å². The maximum atomic E-state index is 11.9. The van der Waals surface area contributed by atoms with Crippen molar-refractivity contribution in [2.24, 2.45) is 7.05 Å². The molecule has 0 spiro atoms. The van der Waals surface area contributed by atoms with Gasteiger partial charge in [-0.05, 0) is 12.1 Å². The SMILES string of the molecule is COC(=O)c1ccccc1NC(=O)NCc1cnn(C)c1. The summed E-state index contributed by atoms with van der Waals surface area (Å²) >= 11 is 0. The van der Waals surface area contributed by atoms with Gasteiger partial charge in [0, 0.05) is 25.4 Å². The standard InChI is InChI=1S/C14H16N4O3/c1-18-9-10(8-16-18)7-15-14(20)17-12-6-4-3-5-11(12)13(19)21-2/h3-6,8-9H,7H2,1-2H3,(H2,15,17,20). The molecule has 2 rings (SSSR count). The summed E-state index contributed by atoms with van der Waals surface area (Å²) in [4.78, 5) is 23.4. The van der Waals surface area contributed by atoms with Crippen LogP contribution < -0.4 is 10.6 Å². The number of aromatic nitrogens is 2. The Morgan fingerprint density at radius 3 is 2.76 bits per heavy atom. The molecule has 2 amide bonds. The molecule has 0 aliphatic carbocycles. The number of anilines is 1. The number of amides is 2. The van der Waals surface area contributed by atoms with Crippen molar-refractivity contribution in [2.75, 3.05) is 12.4 Å². The van der Waals surface area contributed by atoms with Crippen molar-refractivity contribution in [3.8, 4) is 0 Å². The number of nitrogens with zero attached hydrogens (tertiary/aromatic N) is 2. The van der Waals surface area contributed by atoms with Gasteiger partial charge in [-0.25, -0.2) is 9.59 Å². The van der Waals surface area contributed by atoms with Crippen LogP contribution in [-0.2, 0) is 18.3 Å². The molecule has 2 N–H and O–H groups in total. The number of methoxy groups -OCH3 is 1. The van der Waals surface area contributed by atoms with Gasteiger partial charge in [0.15, 0.2) is 0 Å². The number of carbonyl (C=O) groups excluding carboxylic acids is 2. The minimum absolute atomic E-state index is 0.302. The van der Waals surface area contributed by atoms with E-state index in [1.807, 2.05) is 6.20 Å². The number of para-hydroxylation sites is 1. The number of hydrogen-bond acceptors (Lipinski definition) is 4. The minimum Gasteiger partial charge on any atom is -0.465 e. The summed E-state index contributed by atoms with van der Waals surface area (Å²) < 4.78 is 6.32. The Labute approximate surface area is 121 Å². The number of nitrogens with one attached hydrogen (secondary N) is 2. The molecular weight excluding hydrogens is 272 g/mol. The molecule has 2 aromatic rings. The molecule has 110 valence electrons. The van der Waals surface area contributed by atoms with Gasteiger partial charge in [-0.1, -0.05) is 12.1 Å². The number of ether oxygens (including phenoxy) is 1. The van der Waals surface area contributed by atoms with Crippen molar-refractivity contribution in [1.29, 1.82) is 0 Å². The number of esters is 1. The van der Waals surface area contributed by atoms with Gasteiger partial charge in [-0.2, -0.15) is 5.10 Å². The van der Waals surface area contributed by atoms with Crippen LogP contribution in [0.5, 0.6) is 0 Å². The molecule has 0 aliphatic heterocycles. The van der Waals surface area contributed by atoms with E-state index in [1.165, 1.54) is 7.11 Å². The zero-order valence-corrected chi connectivity index (χ0v) is 11.8. The van der Waals surface area contributed by atoms with Crippen molar-refractivity contribution in [1.82, 2.24) is 15.1 Å². The lowest BCUT2D eigenvalue weighted by Crippen LogP contribution is -2.28. The van der Waals surface area contributed by atoms with E-state index >= 15 is 0 Å². The fourth-order valence-corrected chi connectivity index (χ4v) is 1.79. The number of benzene rings is 1. The molecule has 0 aliphatic rings. The topological polar surface area (TPSA) is 85.2 Å². The average molecular weight is 288 g/mol. The minimum atomic E-state index is -0.502. The fourth-order valence-electron chi connectivity index (χ4n) is 1.79. The smallest absolute Gasteiger partial charge is 0.339 e. The third-order valence-electron chi connectivity index (χ3n) is 2.79. The van der Waals surface area contributed by atoms with Gasteiger partial charge in [0.2, 0.25) is 0 Å². The molecule has 1 aromatic heterocycles. The zero-order valence-electron chi connectivity index (χ0n) is 11.8. The van der Waals surface area contributed by atoms with Crippen LogP contribution in [0.1, 0.15) is 15.9 Å². The third kappa shape index (κ3) is 3.82. The lowest BCUT2D eigenvalue weighted by molar-refractivity contribution is 0.0602. The number of hydrogen-bond donors (Lipinski definition) is 2. The van der Waals surface area contributed by atoms with E-state index < -0.39 is 12.0 Å². The van der Waals surface area contributed by atoms with Crippen LogP contribution >= 0.6 is 0 Å². The predicted octanol–water partition coefficient (Wildman–Crippen LogP) is 1.53. The van der Waals surface area contributed by atoms with E-state index in [1.54, 1.807) is 42.2 Å². The van der Waals surface area contributed by atoms with E-state index in [9.17, 15) is 9.59 Å². The normalized spacial score (nSPS) is 10.0. The highest BCUT2D eigenvalue weighted by Crippen LogP contribution is 2.15. The van der Waals surface area contributed by atoms with Gasteiger partial charge in [0.05, 0.1) is 24.6 Å². The largest absolute Gasteiger partial charge is 0.465 e. The van der Waals surface area contributed by atoms with Crippen molar-refractivity contribution >= 4 is 17.7 Å². The predicted molar refractivity (Wildman–Crippen MR) is 76.8 cm³/mol. The second-order valence-corrected chi connectivity index (χ2v) is 4.37. The number of aryl methyl sites for hydroxylation is 1. The summed E-state index contributed by atoms with van der Waals surface area (Å²) in [5.41, 5.74) is 1.58. The monoisotopic (exact) mass is 288 g/mol. The first kappa shape index (κ1) is 14.6. The summed E-state index contributed by atoms with van der Waals surface area (Å²) in [6.07, 6.45) is 3.48. The van der Waals surface area contributed by atoms with E-state index in [4.69, 9.17) is 0 Å². The van der Waals surface area contributed by atoms with E-state index in [0.29, 0.717) is 17.8 Å². The average Bonchev–Trinajstić information content (AvgIpc) is 2.90. The molecule has 0 saturated carbocycles. The van der Waals surface area contributed by atoms with Crippen molar-refractivity contribution in [3.05, 3.63) is 47.8 Å². The molecule has 1 aromatic carbocycles. The number of carbonyl (C=O) groups is 2. The summed E-state index contributed by atoms with van der Waals surface area (Å²) in [5.74, 6) is -0.502. The van der Waals surface area contributed by atoms with Crippen LogP contribution in [0.2, 0.25) is 0 Å². The second-order valence-electron chi connectivity index (χ2n) is 4.37. The summed E-state index contributed by atoms with van der Waals surface area (Å²) in [7, 11) is 3.10. The molecule has 0 radical (unpaired) electrons. The first-order chi connectivity index (χ1) is 10.1. The summed E-state index contributed by atoms with van der Waals surface area (Å²) in [6.45, 7) is 0.347. The molecule has 0 atom stereocenters.